The summed E-state index contributed by atoms with van der Waals surface area (Å²) in [5.74, 6) is 0.819. The molecule has 0 spiro atoms. The minimum Gasteiger partial charge on any atom is -0.497 e. The minimum atomic E-state index is -0.0984. The zero-order chi connectivity index (χ0) is 22.9. The zero-order valence-corrected chi connectivity index (χ0v) is 19.7. The van der Waals surface area contributed by atoms with Gasteiger partial charge in [0, 0.05) is 35.5 Å². The lowest BCUT2D eigenvalue weighted by atomic mass is 10.00. The Morgan fingerprint density at radius 3 is 2.45 bits per heavy atom. The number of methoxy groups -OCH3 is 1. The summed E-state index contributed by atoms with van der Waals surface area (Å²) >= 11 is 5.89. The van der Waals surface area contributed by atoms with E-state index in [1.54, 1.807) is 7.11 Å². The van der Waals surface area contributed by atoms with Crippen molar-refractivity contribution < 1.29 is 4.74 Å². The van der Waals surface area contributed by atoms with Crippen LogP contribution in [0.4, 0.5) is 5.69 Å². The van der Waals surface area contributed by atoms with E-state index >= 15 is 0 Å². The second-order valence-electron chi connectivity index (χ2n) is 8.35. The van der Waals surface area contributed by atoms with Crippen molar-refractivity contribution in [2.24, 2.45) is 0 Å². The average Bonchev–Trinajstić information content (AvgIpc) is 3.43. The molecule has 0 saturated carbocycles. The van der Waals surface area contributed by atoms with Gasteiger partial charge in [0.1, 0.15) is 11.8 Å². The Morgan fingerprint density at radius 2 is 1.73 bits per heavy atom. The number of pyridine rings is 1. The predicted octanol–water partition coefficient (Wildman–Crippen LogP) is 5.67. The molecule has 1 aliphatic heterocycles. The van der Waals surface area contributed by atoms with Crippen molar-refractivity contribution in [3.05, 3.63) is 108 Å². The summed E-state index contributed by atoms with van der Waals surface area (Å²) in [5.41, 5.74) is 6.59. The number of thiocarbonyl (C=S) groups is 1. The van der Waals surface area contributed by atoms with Crippen molar-refractivity contribution in [2.75, 3.05) is 12.0 Å². The lowest BCUT2D eigenvalue weighted by Crippen LogP contribution is -2.30. The van der Waals surface area contributed by atoms with Gasteiger partial charge in [0.05, 0.1) is 18.8 Å². The van der Waals surface area contributed by atoms with Crippen LogP contribution in [0.15, 0.2) is 85.2 Å². The van der Waals surface area contributed by atoms with Gasteiger partial charge in [0.25, 0.3) is 0 Å². The van der Waals surface area contributed by atoms with E-state index in [-0.39, 0.29) is 12.1 Å². The molecule has 0 unspecified atom stereocenters. The number of hydrogen-bond donors (Lipinski definition) is 1. The molecule has 0 radical (unpaired) electrons. The maximum atomic E-state index is 5.89. The van der Waals surface area contributed by atoms with Crippen LogP contribution in [0.2, 0.25) is 0 Å². The van der Waals surface area contributed by atoms with Crippen LogP contribution < -0.4 is 15.0 Å². The van der Waals surface area contributed by atoms with E-state index in [9.17, 15) is 0 Å². The van der Waals surface area contributed by atoms with Gasteiger partial charge in [0.15, 0.2) is 5.11 Å². The lowest BCUT2D eigenvalue weighted by Gasteiger charge is -2.29. The molecule has 33 heavy (non-hydrogen) atoms. The van der Waals surface area contributed by atoms with Crippen LogP contribution in [0.1, 0.15) is 34.6 Å². The third kappa shape index (κ3) is 3.98. The van der Waals surface area contributed by atoms with Gasteiger partial charge >= 0.3 is 0 Å². The Kier molecular flexibility index (Phi) is 5.60. The lowest BCUT2D eigenvalue weighted by molar-refractivity contribution is 0.414. The van der Waals surface area contributed by atoms with Gasteiger partial charge in [-0.1, -0.05) is 18.2 Å². The SMILES string of the molecule is COc1cccc(-n2cccc2[C@H]2[C@H](c3ccccn3)NC(=S)N2c2cc(C)cc(C)c2)c1. The van der Waals surface area contributed by atoms with Gasteiger partial charge in [-0.05, 0) is 85.7 Å². The molecule has 0 bridgehead atoms. The molecule has 4 aromatic rings. The second kappa shape index (κ2) is 8.71. The molecule has 6 heteroatoms. The molecule has 166 valence electrons. The molecule has 0 aliphatic carbocycles. The van der Waals surface area contributed by atoms with Crippen molar-refractivity contribution in [1.82, 2.24) is 14.9 Å². The van der Waals surface area contributed by atoms with Crippen molar-refractivity contribution in [3.63, 3.8) is 0 Å². The predicted molar refractivity (Wildman–Crippen MR) is 136 cm³/mol. The zero-order valence-electron chi connectivity index (χ0n) is 18.9. The Balaban J connectivity index is 1.68. The van der Waals surface area contributed by atoms with Crippen LogP contribution in [0, 0.1) is 13.8 Å². The van der Waals surface area contributed by atoms with Crippen LogP contribution in [0.25, 0.3) is 5.69 Å². The molecule has 1 saturated heterocycles. The smallest absolute Gasteiger partial charge is 0.174 e. The molecule has 2 aromatic heterocycles. The highest BCUT2D eigenvalue weighted by atomic mass is 32.1. The van der Waals surface area contributed by atoms with E-state index in [0.29, 0.717) is 5.11 Å². The summed E-state index contributed by atoms with van der Waals surface area (Å²) in [6, 6.07) is 24.7. The van der Waals surface area contributed by atoms with Gasteiger partial charge in [0.2, 0.25) is 0 Å². The van der Waals surface area contributed by atoms with Gasteiger partial charge in [-0.3, -0.25) is 4.98 Å². The number of rotatable bonds is 5. The average molecular weight is 455 g/mol. The van der Waals surface area contributed by atoms with Crippen LogP contribution >= 0.6 is 12.2 Å². The topological polar surface area (TPSA) is 42.3 Å². The van der Waals surface area contributed by atoms with E-state index in [4.69, 9.17) is 17.0 Å². The fraction of sp³-hybridized carbons (Fsp3) is 0.185. The Morgan fingerprint density at radius 1 is 0.909 bits per heavy atom. The number of hydrogen-bond acceptors (Lipinski definition) is 3. The number of benzene rings is 2. The summed E-state index contributed by atoms with van der Waals surface area (Å²) in [7, 11) is 1.69. The first-order valence-electron chi connectivity index (χ1n) is 11.0. The number of aromatic nitrogens is 2. The standard InChI is InChI=1S/C27H26N4OS/c1-18-14-19(2)16-21(15-18)31-26(25(29-27(31)33)23-10-4-5-12-28-23)24-11-7-13-30(24)20-8-6-9-22(17-20)32-3/h4-17,25-26H,1-3H3,(H,29,33)/t25-,26-/m0/s1. The van der Waals surface area contributed by atoms with Crippen LogP contribution in [0.5, 0.6) is 5.75 Å². The largest absolute Gasteiger partial charge is 0.497 e. The molecular weight excluding hydrogens is 428 g/mol. The van der Waals surface area contributed by atoms with Crippen molar-refractivity contribution in [1.29, 1.82) is 0 Å². The molecule has 5 rings (SSSR count). The molecule has 5 nitrogen and oxygen atoms in total. The molecule has 1 aliphatic rings. The van der Waals surface area contributed by atoms with E-state index in [1.165, 1.54) is 11.1 Å². The first kappa shape index (κ1) is 21.2. The molecule has 2 aromatic carbocycles. The fourth-order valence-electron chi connectivity index (χ4n) is 4.65. The molecular formula is C27H26N4OS. The summed E-state index contributed by atoms with van der Waals surface area (Å²) in [6.07, 6.45) is 3.92. The van der Waals surface area contributed by atoms with Gasteiger partial charge in [-0.15, -0.1) is 0 Å². The van der Waals surface area contributed by atoms with Gasteiger partial charge in [-0.2, -0.15) is 0 Å². The molecule has 0 amide bonds. The summed E-state index contributed by atoms with van der Waals surface area (Å²) in [6.45, 7) is 4.24. The summed E-state index contributed by atoms with van der Waals surface area (Å²) < 4.78 is 7.68. The maximum absolute atomic E-state index is 5.89. The summed E-state index contributed by atoms with van der Waals surface area (Å²) in [4.78, 5) is 6.89. The number of ether oxygens (including phenoxy) is 1. The highest BCUT2D eigenvalue weighted by Gasteiger charge is 2.42. The molecule has 1 N–H and O–H groups in total. The Hall–Kier alpha value is -3.64. The van der Waals surface area contributed by atoms with E-state index in [0.717, 1.165) is 28.5 Å². The maximum Gasteiger partial charge on any atom is 0.174 e. The van der Waals surface area contributed by atoms with E-state index in [1.807, 2.05) is 36.5 Å². The quantitative estimate of drug-likeness (QED) is 0.393. The number of anilines is 1. The third-order valence-corrected chi connectivity index (χ3v) is 6.31. The highest BCUT2D eigenvalue weighted by molar-refractivity contribution is 7.80. The van der Waals surface area contributed by atoms with Gasteiger partial charge in [-0.25, -0.2) is 0 Å². The van der Waals surface area contributed by atoms with Gasteiger partial charge < -0.3 is 19.5 Å². The monoisotopic (exact) mass is 454 g/mol. The van der Waals surface area contributed by atoms with Crippen LogP contribution in [-0.4, -0.2) is 21.8 Å². The summed E-state index contributed by atoms with van der Waals surface area (Å²) in [5, 5.41) is 4.25. The normalized spacial score (nSPS) is 17.8. The van der Waals surface area contributed by atoms with E-state index in [2.05, 4.69) is 82.3 Å². The molecule has 2 atom stereocenters. The second-order valence-corrected chi connectivity index (χ2v) is 8.73. The van der Waals surface area contributed by atoms with Crippen molar-refractivity contribution in [3.8, 4) is 11.4 Å². The van der Waals surface area contributed by atoms with Crippen LogP contribution in [-0.2, 0) is 0 Å². The van der Waals surface area contributed by atoms with Crippen molar-refractivity contribution in [2.45, 2.75) is 25.9 Å². The van der Waals surface area contributed by atoms with Crippen molar-refractivity contribution >= 4 is 23.0 Å². The Labute approximate surface area is 199 Å². The highest BCUT2D eigenvalue weighted by Crippen LogP contribution is 2.42. The minimum absolute atomic E-state index is 0.0881. The number of nitrogens with one attached hydrogen (secondary N) is 1. The number of nitrogens with zero attached hydrogens (tertiary/aromatic N) is 3. The molecule has 1 fully saturated rings. The van der Waals surface area contributed by atoms with Crippen LogP contribution in [0.3, 0.4) is 0 Å². The first-order valence-corrected chi connectivity index (χ1v) is 11.4. The third-order valence-electron chi connectivity index (χ3n) is 6.00. The first-order chi connectivity index (χ1) is 16.0. The van der Waals surface area contributed by atoms with E-state index < -0.39 is 0 Å². The Bertz CT molecular complexity index is 1280. The fourth-order valence-corrected chi connectivity index (χ4v) is 5.00. The molecule has 3 heterocycles. The number of aryl methyl sites for hydroxylation is 2.